The van der Waals surface area contributed by atoms with E-state index >= 15 is 0 Å². The number of Topliss-reactive ketones (excluding diaryl/α,β-unsaturated/α-hetero) is 1. The molecule has 1 aromatic heterocycles. The lowest BCUT2D eigenvalue weighted by atomic mass is 10.1. The highest BCUT2D eigenvalue weighted by atomic mass is 19.1. The Labute approximate surface area is 147 Å². The van der Waals surface area contributed by atoms with Crippen LogP contribution in [0, 0.1) is 25.5 Å². The Morgan fingerprint density at radius 2 is 1.65 bits per heavy atom. The number of carbonyl (C=O) groups is 2. The molecule has 0 amide bonds. The Kier molecular flexibility index (Phi) is 4.71. The molecule has 0 bridgehead atoms. The van der Waals surface area contributed by atoms with Crippen molar-refractivity contribution in [1.29, 1.82) is 0 Å². The summed E-state index contributed by atoms with van der Waals surface area (Å²) in [6, 6.07) is 7.14. The van der Waals surface area contributed by atoms with E-state index < -0.39 is 35.6 Å². The van der Waals surface area contributed by atoms with Gasteiger partial charge in [-0.3, -0.25) is 4.79 Å². The molecule has 0 spiro atoms. The summed E-state index contributed by atoms with van der Waals surface area (Å²) in [5, 5.41) is 0. The highest BCUT2D eigenvalue weighted by Gasteiger charge is 2.16. The molecule has 0 unspecified atom stereocenters. The molecule has 0 radical (unpaired) electrons. The van der Waals surface area contributed by atoms with Crippen LogP contribution in [0.15, 0.2) is 36.4 Å². The minimum atomic E-state index is -0.876. The Balaban J connectivity index is 1.75. The third-order valence-electron chi connectivity index (χ3n) is 3.87. The van der Waals surface area contributed by atoms with Crippen LogP contribution in [0.25, 0.3) is 11.0 Å². The van der Waals surface area contributed by atoms with E-state index in [-0.39, 0.29) is 5.56 Å². The number of ketones is 1. The summed E-state index contributed by atoms with van der Waals surface area (Å²) in [5.41, 5.74) is 2.39. The van der Waals surface area contributed by atoms with Crippen LogP contribution < -0.4 is 0 Å². The molecule has 7 heteroatoms. The summed E-state index contributed by atoms with van der Waals surface area (Å²) in [6.07, 6.45) is 0. The van der Waals surface area contributed by atoms with Crippen LogP contribution in [0.4, 0.5) is 8.78 Å². The molecule has 3 aromatic rings. The zero-order valence-electron chi connectivity index (χ0n) is 14.0. The number of aryl methyl sites for hydroxylation is 2. The van der Waals surface area contributed by atoms with Gasteiger partial charge in [-0.05, 0) is 50.2 Å². The van der Waals surface area contributed by atoms with E-state index in [1.54, 1.807) is 13.0 Å². The standard InChI is InChI=1S/C19H14F2N2O3/c1-10-11(2)23-17-7-12(3-6-16(17)22-10)19(25)26-9-18(24)14-8-13(20)4-5-15(14)21/h3-8H,9H2,1-2H3. The van der Waals surface area contributed by atoms with Crippen LogP contribution in [-0.2, 0) is 4.74 Å². The summed E-state index contributed by atoms with van der Waals surface area (Å²) in [5.74, 6) is -3.22. The van der Waals surface area contributed by atoms with Crippen molar-refractivity contribution in [2.75, 3.05) is 6.61 Å². The molecule has 0 fully saturated rings. The third-order valence-corrected chi connectivity index (χ3v) is 3.87. The second kappa shape index (κ2) is 6.95. The maximum atomic E-state index is 13.6. The van der Waals surface area contributed by atoms with Gasteiger partial charge in [-0.25, -0.2) is 23.5 Å². The minimum Gasteiger partial charge on any atom is -0.454 e. The van der Waals surface area contributed by atoms with Gasteiger partial charge < -0.3 is 4.74 Å². The molecular formula is C19H14F2N2O3. The van der Waals surface area contributed by atoms with Crippen molar-refractivity contribution in [2.45, 2.75) is 13.8 Å². The number of fused-ring (bicyclic) bond motifs is 1. The second-order valence-electron chi connectivity index (χ2n) is 5.72. The maximum Gasteiger partial charge on any atom is 0.338 e. The van der Waals surface area contributed by atoms with Gasteiger partial charge in [0.15, 0.2) is 6.61 Å². The van der Waals surface area contributed by atoms with Gasteiger partial charge >= 0.3 is 5.97 Å². The van der Waals surface area contributed by atoms with Crippen LogP contribution in [0.2, 0.25) is 0 Å². The molecule has 132 valence electrons. The van der Waals surface area contributed by atoms with Crippen LogP contribution in [0.3, 0.4) is 0 Å². The number of esters is 1. The summed E-state index contributed by atoms with van der Waals surface area (Å²) in [4.78, 5) is 32.8. The lowest BCUT2D eigenvalue weighted by molar-refractivity contribution is 0.0473. The molecule has 1 heterocycles. The first-order chi connectivity index (χ1) is 12.3. The molecule has 2 aromatic carbocycles. The van der Waals surface area contributed by atoms with Crippen LogP contribution in [-0.4, -0.2) is 28.3 Å². The fourth-order valence-electron chi connectivity index (χ4n) is 2.36. The zero-order chi connectivity index (χ0) is 18.8. The summed E-state index contributed by atoms with van der Waals surface area (Å²) in [6.45, 7) is 2.94. The molecular weight excluding hydrogens is 342 g/mol. The van der Waals surface area contributed by atoms with Crippen molar-refractivity contribution >= 4 is 22.8 Å². The van der Waals surface area contributed by atoms with E-state index in [4.69, 9.17) is 4.74 Å². The molecule has 3 rings (SSSR count). The van der Waals surface area contributed by atoms with Crippen molar-refractivity contribution in [3.8, 4) is 0 Å². The number of rotatable bonds is 4. The summed E-state index contributed by atoms with van der Waals surface area (Å²) in [7, 11) is 0. The minimum absolute atomic E-state index is 0.183. The average Bonchev–Trinajstić information content (AvgIpc) is 2.62. The van der Waals surface area contributed by atoms with E-state index in [0.29, 0.717) is 11.0 Å². The SMILES string of the molecule is Cc1nc2ccc(C(=O)OCC(=O)c3cc(F)ccc3F)cc2nc1C. The zero-order valence-corrected chi connectivity index (χ0v) is 14.0. The number of halogens is 2. The fraction of sp³-hybridized carbons (Fsp3) is 0.158. The van der Waals surface area contributed by atoms with Gasteiger partial charge in [-0.1, -0.05) is 0 Å². The van der Waals surface area contributed by atoms with Gasteiger partial charge in [0, 0.05) is 0 Å². The van der Waals surface area contributed by atoms with Crippen molar-refractivity contribution < 1.29 is 23.1 Å². The van der Waals surface area contributed by atoms with Gasteiger partial charge in [-0.15, -0.1) is 0 Å². The highest BCUT2D eigenvalue weighted by molar-refractivity contribution is 6.00. The predicted molar refractivity (Wildman–Crippen MR) is 90.0 cm³/mol. The summed E-state index contributed by atoms with van der Waals surface area (Å²) >= 11 is 0. The van der Waals surface area contributed by atoms with E-state index in [9.17, 15) is 18.4 Å². The van der Waals surface area contributed by atoms with Crippen LogP contribution in [0.1, 0.15) is 32.1 Å². The molecule has 0 aliphatic carbocycles. The first-order valence-corrected chi connectivity index (χ1v) is 7.75. The number of aromatic nitrogens is 2. The largest absolute Gasteiger partial charge is 0.454 e. The smallest absolute Gasteiger partial charge is 0.338 e. The quantitative estimate of drug-likeness (QED) is 0.528. The van der Waals surface area contributed by atoms with Crippen molar-refractivity contribution in [3.63, 3.8) is 0 Å². The molecule has 0 N–H and O–H groups in total. The van der Waals surface area contributed by atoms with Gasteiger partial charge in [-0.2, -0.15) is 0 Å². The van der Waals surface area contributed by atoms with Gasteiger partial charge in [0.25, 0.3) is 0 Å². The van der Waals surface area contributed by atoms with Gasteiger partial charge in [0.2, 0.25) is 5.78 Å². The molecule has 0 atom stereocenters. The normalized spacial score (nSPS) is 10.8. The van der Waals surface area contributed by atoms with Crippen LogP contribution >= 0.6 is 0 Å². The first-order valence-electron chi connectivity index (χ1n) is 7.75. The van der Waals surface area contributed by atoms with Crippen molar-refractivity contribution in [1.82, 2.24) is 9.97 Å². The lowest BCUT2D eigenvalue weighted by Gasteiger charge is -2.07. The predicted octanol–water partition coefficient (Wildman–Crippen LogP) is 3.56. The Morgan fingerprint density at radius 3 is 2.38 bits per heavy atom. The van der Waals surface area contributed by atoms with Crippen molar-refractivity contribution in [3.05, 3.63) is 70.5 Å². The Hall–Kier alpha value is -3.22. The number of carbonyl (C=O) groups excluding carboxylic acids is 2. The monoisotopic (exact) mass is 356 g/mol. The highest BCUT2D eigenvalue weighted by Crippen LogP contribution is 2.16. The lowest BCUT2D eigenvalue weighted by Crippen LogP contribution is -2.15. The Morgan fingerprint density at radius 1 is 0.962 bits per heavy atom. The summed E-state index contributed by atoms with van der Waals surface area (Å²) < 4.78 is 31.6. The molecule has 0 aliphatic heterocycles. The van der Waals surface area contributed by atoms with Crippen molar-refractivity contribution in [2.24, 2.45) is 0 Å². The maximum absolute atomic E-state index is 13.6. The van der Waals surface area contributed by atoms with Gasteiger partial charge in [0.05, 0.1) is 33.5 Å². The number of nitrogens with zero attached hydrogens (tertiary/aromatic N) is 2. The fourth-order valence-corrected chi connectivity index (χ4v) is 2.36. The Bertz CT molecular complexity index is 1030. The number of benzene rings is 2. The molecule has 0 saturated carbocycles. The first kappa shape index (κ1) is 17.6. The molecule has 0 aliphatic rings. The number of hydrogen-bond donors (Lipinski definition) is 0. The number of hydrogen-bond acceptors (Lipinski definition) is 5. The van der Waals surface area contributed by atoms with Crippen LogP contribution in [0.5, 0.6) is 0 Å². The van der Waals surface area contributed by atoms with E-state index in [0.717, 1.165) is 29.6 Å². The second-order valence-corrected chi connectivity index (χ2v) is 5.72. The molecule has 5 nitrogen and oxygen atoms in total. The third kappa shape index (κ3) is 3.56. The average molecular weight is 356 g/mol. The van der Waals surface area contributed by atoms with E-state index in [1.807, 2.05) is 6.92 Å². The topological polar surface area (TPSA) is 69.2 Å². The molecule has 26 heavy (non-hydrogen) atoms. The van der Waals surface area contributed by atoms with E-state index in [2.05, 4.69) is 9.97 Å². The number of ether oxygens (including phenoxy) is 1. The molecule has 0 saturated heterocycles. The van der Waals surface area contributed by atoms with Gasteiger partial charge in [0.1, 0.15) is 11.6 Å². The van der Waals surface area contributed by atoms with E-state index in [1.165, 1.54) is 12.1 Å².